The molecule has 0 spiro atoms. The van der Waals surface area contributed by atoms with Gasteiger partial charge in [0.25, 0.3) is 0 Å². The van der Waals surface area contributed by atoms with E-state index in [-0.39, 0.29) is 17.4 Å². The van der Waals surface area contributed by atoms with Gasteiger partial charge in [0.05, 0.1) is 7.11 Å². The number of rotatable bonds is 9. The molecule has 6 heteroatoms. The van der Waals surface area contributed by atoms with E-state index in [2.05, 4.69) is 29.0 Å². The molecule has 0 aliphatic heterocycles. The molecular weight excluding hydrogens is 352 g/mol. The van der Waals surface area contributed by atoms with Gasteiger partial charge in [-0.1, -0.05) is 35.9 Å². The maximum absolute atomic E-state index is 12.4. The Hall–Kier alpha value is -2.63. The molecule has 0 aliphatic carbocycles. The van der Waals surface area contributed by atoms with Crippen LogP contribution in [0.15, 0.2) is 42.5 Å². The monoisotopic (exact) mass is 377 g/mol. The Kier molecular flexibility index (Phi) is 7.58. The molecule has 0 radical (unpaired) electrons. The van der Waals surface area contributed by atoms with Crippen LogP contribution in [0.25, 0.3) is 0 Å². The number of ether oxygens (including phenoxy) is 2. The van der Waals surface area contributed by atoms with Gasteiger partial charge in [-0.25, -0.2) is 0 Å². The number of halogens is 2. The van der Waals surface area contributed by atoms with Gasteiger partial charge in [-0.3, -0.25) is 4.79 Å². The van der Waals surface area contributed by atoms with Gasteiger partial charge in [0, 0.05) is 20.0 Å². The SMILES string of the molecule is COc1cc(CN(C)C(=O)CCCc2ccc(C)cc2)ccc1OC(F)F. The first kappa shape index (κ1) is 20.7. The topological polar surface area (TPSA) is 38.8 Å². The lowest BCUT2D eigenvalue weighted by molar-refractivity contribution is -0.130. The van der Waals surface area contributed by atoms with E-state index in [0.29, 0.717) is 13.0 Å². The molecule has 0 saturated heterocycles. The van der Waals surface area contributed by atoms with Crippen LogP contribution in [-0.2, 0) is 17.8 Å². The minimum Gasteiger partial charge on any atom is -0.493 e. The number of carbonyl (C=O) groups is 1. The Labute approximate surface area is 158 Å². The van der Waals surface area contributed by atoms with Crippen molar-refractivity contribution < 1.29 is 23.0 Å². The molecular formula is C21H25F2NO3. The highest BCUT2D eigenvalue weighted by molar-refractivity contribution is 5.75. The fourth-order valence-electron chi connectivity index (χ4n) is 2.76. The number of nitrogens with zero attached hydrogens (tertiary/aromatic N) is 1. The first-order valence-corrected chi connectivity index (χ1v) is 8.80. The number of methoxy groups -OCH3 is 1. The van der Waals surface area contributed by atoms with E-state index in [1.165, 1.54) is 24.3 Å². The van der Waals surface area contributed by atoms with Crippen molar-refractivity contribution in [3.05, 3.63) is 59.2 Å². The first-order valence-electron chi connectivity index (χ1n) is 8.80. The van der Waals surface area contributed by atoms with Gasteiger partial charge in [0.15, 0.2) is 11.5 Å². The van der Waals surface area contributed by atoms with Gasteiger partial charge >= 0.3 is 6.61 Å². The second-order valence-corrected chi connectivity index (χ2v) is 6.45. The molecule has 146 valence electrons. The minimum absolute atomic E-state index is 0.0247. The summed E-state index contributed by atoms with van der Waals surface area (Å²) < 4.78 is 34.3. The molecule has 2 aromatic rings. The highest BCUT2D eigenvalue weighted by Crippen LogP contribution is 2.29. The highest BCUT2D eigenvalue weighted by Gasteiger charge is 2.14. The lowest BCUT2D eigenvalue weighted by Crippen LogP contribution is -2.26. The summed E-state index contributed by atoms with van der Waals surface area (Å²) in [6.45, 7) is -0.500. The Bertz CT molecular complexity index is 748. The predicted molar refractivity (Wildman–Crippen MR) is 100 cm³/mol. The molecule has 0 aromatic heterocycles. The summed E-state index contributed by atoms with van der Waals surface area (Å²) in [6.07, 6.45) is 2.08. The number of hydrogen-bond acceptors (Lipinski definition) is 3. The molecule has 2 aromatic carbocycles. The van der Waals surface area contributed by atoms with Gasteiger partial charge in [-0.2, -0.15) is 8.78 Å². The summed E-state index contributed by atoms with van der Waals surface area (Å²) in [5, 5.41) is 0. The quantitative estimate of drug-likeness (QED) is 0.642. The molecule has 0 atom stereocenters. The third kappa shape index (κ3) is 6.55. The smallest absolute Gasteiger partial charge is 0.387 e. The largest absolute Gasteiger partial charge is 0.493 e. The van der Waals surface area contributed by atoms with Crippen molar-refractivity contribution in [3.63, 3.8) is 0 Å². The maximum atomic E-state index is 12.4. The van der Waals surface area contributed by atoms with E-state index in [1.54, 1.807) is 24.1 Å². The van der Waals surface area contributed by atoms with Crippen LogP contribution in [0.5, 0.6) is 11.5 Å². The zero-order valence-electron chi connectivity index (χ0n) is 15.9. The van der Waals surface area contributed by atoms with Crippen molar-refractivity contribution in [1.29, 1.82) is 0 Å². The summed E-state index contributed by atoms with van der Waals surface area (Å²) >= 11 is 0. The van der Waals surface area contributed by atoms with Crippen LogP contribution in [0.1, 0.15) is 29.5 Å². The lowest BCUT2D eigenvalue weighted by atomic mass is 10.1. The number of carbonyl (C=O) groups excluding carboxylic acids is 1. The third-order valence-electron chi connectivity index (χ3n) is 4.27. The normalized spacial score (nSPS) is 10.7. The van der Waals surface area contributed by atoms with Crippen molar-refractivity contribution in [2.24, 2.45) is 0 Å². The molecule has 1 amide bonds. The molecule has 0 unspecified atom stereocenters. The third-order valence-corrected chi connectivity index (χ3v) is 4.27. The Balaban J connectivity index is 1.86. The van der Waals surface area contributed by atoms with E-state index in [4.69, 9.17) is 4.74 Å². The van der Waals surface area contributed by atoms with E-state index in [9.17, 15) is 13.6 Å². The molecule has 0 aliphatic rings. The predicted octanol–water partition coefficient (Wildman–Crippen LogP) is 4.59. The van der Waals surface area contributed by atoms with Crippen LogP contribution in [0, 0.1) is 6.92 Å². The number of amides is 1. The maximum Gasteiger partial charge on any atom is 0.387 e. The summed E-state index contributed by atoms with van der Waals surface area (Å²) in [5.74, 6) is 0.227. The number of aryl methyl sites for hydroxylation is 2. The summed E-state index contributed by atoms with van der Waals surface area (Å²) in [7, 11) is 3.11. The lowest BCUT2D eigenvalue weighted by Gasteiger charge is -2.18. The molecule has 0 bridgehead atoms. The standard InChI is InChI=1S/C21H25F2NO3/c1-15-7-9-16(10-8-15)5-4-6-20(25)24(2)14-17-11-12-18(27-21(22)23)19(13-17)26-3/h7-13,21H,4-6,14H2,1-3H3. The van der Waals surface area contributed by atoms with Gasteiger partial charge in [-0.05, 0) is 43.0 Å². The van der Waals surface area contributed by atoms with Crippen LogP contribution < -0.4 is 9.47 Å². The molecule has 2 rings (SSSR count). The number of alkyl halides is 2. The van der Waals surface area contributed by atoms with Gasteiger partial charge < -0.3 is 14.4 Å². The first-order chi connectivity index (χ1) is 12.9. The molecule has 4 nitrogen and oxygen atoms in total. The van der Waals surface area contributed by atoms with Crippen molar-refractivity contribution in [1.82, 2.24) is 4.90 Å². The fraction of sp³-hybridized carbons (Fsp3) is 0.381. The zero-order chi connectivity index (χ0) is 19.8. The summed E-state index contributed by atoms with van der Waals surface area (Å²) in [6, 6.07) is 13.0. The second-order valence-electron chi connectivity index (χ2n) is 6.45. The van der Waals surface area contributed by atoms with Crippen LogP contribution in [0.3, 0.4) is 0 Å². The van der Waals surface area contributed by atoms with Gasteiger partial charge in [-0.15, -0.1) is 0 Å². The number of benzene rings is 2. The van der Waals surface area contributed by atoms with E-state index in [0.717, 1.165) is 18.4 Å². The second kappa shape index (κ2) is 9.90. The Morgan fingerprint density at radius 3 is 2.37 bits per heavy atom. The number of hydrogen-bond donors (Lipinski definition) is 0. The summed E-state index contributed by atoms with van der Waals surface area (Å²) in [5.41, 5.74) is 3.22. The van der Waals surface area contributed by atoms with Crippen molar-refractivity contribution >= 4 is 5.91 Å². The van der Waals surface area contributed by atoms with E-state index >= 15 is 0 Å². The molecule has 0 heterocycles. The zero-order valence-corrected chi connectivity index (χ0v) is 15.9. The Morgan fingerprint density at radius 1 is 1.07 bits per heavy atom. The average molecular weight is 377 g/mol. The minimum atomic E-state index is -2.91. The van der Waals surface area contributed by atoms with Crippen LogP contribution in [-0.4, -0.2) is 31.6 Å². The molecule has 27 heavy (non-hydrogen) atoms. The van der Waals surface area contributed by atoms with Crippen molar-refractivity contribution in [3.8, 4) is 11.5 Å². The van der Waals surface area contributed by atoms with Crippen molar-refractivity contribution in [2.75, 3.05) is 14.2 Å². The van der Waals surface area contributed by atoms with Gasteiger partial charge in [0.2, 0.25) is 5.91 Å². The van der Waals surface area contributed by atoms with Crippen LogP contribution in [0.2, 0.25) is 0 Å². The van der Waals surface area contributed by atoms with Crippen LogP contribution in [0.4, 0.5) is 8.78 Å². The molecule has 0 fully saturated rings. The summed E-state index contributed by atoms with van der Waals surface area (Å²) in [4.78, 5) is 14.0. The van der Waals surface area contributed by atoms with Gasteiger partial charge in [0.1, 0.15) is 0 Å². The Morgan fingerprint density at radius 2 is 1.74 bits per heavy atom. The fourth-order valence-corrected chi connectivity index (χ4v) is 2.76. The van der Waals surface area contributed by atoms with E-state index < -0.39 is 6.61 Å². The molecule has 0 saturated carbocycles. The van der Waals surface area contributed by atoms with E-state index in [1.807, 2.05) is 6.92 Å². The highest BCUT2D eigenvalue weighted by atomic mass is 19.3. The van der Waals surface area contributed by atoms with Crippen LogP contribution >= 0.6 is 0 Å². The van der Waals surface area contributed by atoms with Crippen molar-refractivity contribution in [2.45, 2.75) is 39.3 Å². The average Bonchev–Trinajstić information content (AvgIpc) is 2.64. The molecule has 0 N–H and O–H groups in total.